The van der Waals surface area contributed by atoms with Crippen molar-refractivity contribution in [2.45, 2.75) is 5.41 Å². The Morgan fingerprint density at radius 2 is 0.860 bits per heavy atom. The monoisotopic (exact) mass is 729 g/mol. The zero-order valence-corrected chi connectivity index (χ0v) is 30.6. The Hall–Kier alpha value is -7.63. The molecule has 2 aromatic heterocycles. The van der Waals surface area contributed by atoms with Gasteiger partial charge in [0.1, 0.15) is 22.7 Å². The van der Waals surface area contributed by atoms with Crippen LogP contribution in [-0.2, 0) is 5.41 Å². The summed E-state index contributed by atoms with van der Waals surface area (Å²) in [6.45, 7) is 0. The topological polar surface area (TPSA) is 61.0 Å². The van der Waals surface area contributed by atoms with Gasteiger partial charge < -0.3 is 9.15 Å². The van der Waals surface area contributed by atoms with Gasteiger partial charge in [-0.25, -0.2) is 15.0 Å². The molecule has 0 radical (unpaired) electrons. The van der Waals surface area contributed by atoms with Crippen molar-refractivity contribution in [1.29, 1.82) is 0 Å². The molecule has 57 heavy (non-hydrogen) atoms. The lowest BCUT2D eigenvalue weighted by atomic mass is 9.66. The molecule has 1 spiro atoms. The van der Waals surface area contributed by atoms with Gasteiger partial charge in [0.25, 0.3) is 0 Å². The predicted molar refractivity (Wildman–Crippen MR) is 226 cm³/mol. The molecule has 0 bridgehead atoms. The van der Waals surface area contributed by atoms with Gasteiger partial charge >= 0.3 is 0 Å². The second-order valence-corrected chi connectivity index (χ2v) is 14.7. The lowest BCUT2D eigenvalue weighted by molar-refractivity contribution is 0.436. The van der Waals surface area contributed by atoms with Crippen LogP contribution in [0.5, 0.6) is 11.5 Å². The Morgan fingerprint density at radius 1 is 0.333 bits per heavy atom. The zero-order chi connectivity index (χ0) is 37.5. The second-order valence-electron chi connectivity index (χ2n) is 14.7. The van der Waals surface area contributed by atoms with E-state index in [-0.39, 0.29) is 0 Å². The number of furan rings is 1. The first-order valence-corrected chi connectivity index (χ1v) is 19.2. The van der Waals surface area contributed by atoms with Gasteiger partial charge in [0.2, 0.25) is 0 Å². The molecule has 0 saturated heterocycles. The molecule has 0 unspecified atom stereocenters. The van der Waals surface area contributed by atoms with E-state index in [1.54, 1.807) is 0 Å². The fourth-order valence-corrected chi connectivity index (χ4v) is 9.07. The van der Waals surface area contributed by atoms with E-state index in [4.69, 9.17) is 24.1 Å². The van der Waals surface area contributed by atoms with Crippen LogP contribution in [0.4, 0.5) is 0 Å². The number of ether oxygens (including phenoxy) is 1. The average molecular weight is 730 g/mol. The molecule has 0 amide bonds. The van der Waals surface area contributed by atoms with Crippen molar-refractivity contribution in [3.63, 3.8) is 0 Å². The van der Waals surface area contributed by atoms with Crippen molar-refractivity contribution in [1.82, 2.24) is 15.0 Å². The molecule has 0 saturated carbocycles. The number of hydrogen-bond acceptors (Lipinski definition) is 5. The van der Waals surface area contributed by atoms with Crippen LogP contribution in [-0.4, -0.2) is 15.0 Å². The number of nitrogens with zero attached hydrogens (tertiary/aromatic N) is 3. The number of benzene rings is 8. The maximum atomic E-state index is 6.77. The van der Waals surface area contributed by atoms with E-state index in [9.17, 15) is 0 Å². The Morgan fingerprint density at radius 3 is 1.61 bits per heavy atom. The number of fused-ring (bicyclic) bond motifs is 12. The molecule has 8 aromatic carbocycles. The fraction of sp³-hybridized carbons (Fsp3) is 0.0192. The average Bonchev–Trinajstić information content (AvgIpc) is 3.80. The molecule has 1 aliphatic heterocycles. The summed E-state index contributed by atoms with van der Waals surface area (Å²) >= 11 is 0. The summed E-state index contributed by atoms with van der Waals surface area (Å²) in [4.78, 5) is 15.0. The van der Waals surface area contributed by atoms with Crippen LogP contribution in [0.3, 0.4) is 0 Å². The second kappa shape index (κ2) is 12.2. The van der Waals surface area contributed by atoms with E-state index in [0.29, 0.717) is 17.5 Å². The normalized spacial score (nSPS) is 13.2. The van der Waals surface area contributed by atoms with Gasteiger partial charge in [-0.1, -0.05) is 158 Å². The van der Waals surface area contributed by atoms with E-state index >= 15 is 0 Å². The summed E-state index contributed by atoms with van der Waals surface area (Å²) in [5.74, 6) is 3.53. The Kier molecular flexibility index (Phi) is 6.78. The highest BCUT2D eigenvalue weighted by molar-refractivity contribution is 6.05. The van der Waals surface area contributed by atoms with E-state index in [1.807, 2.05) is 54.6 Å². The lowest BCUT2D eigenvalue weighted by Gasteiger charge is -2.39. The van der Waals surface area contributed by atoms with Gasteiger partial charge in [0.05, 0.1) is 5.41 Å². The molecule has 12 rings (SSSR count). The summed E-state index contributed by atoms with van der Waals surface area (Å²) in [7, 11) is 0. The quantitative estimate of drug-likeness (QED) is 0.180. The molecule has 266 valence electrons. The lowest BCUT2D eigenvalue weighted by Crippen LogP contribution is -2.32. The first-order chi connectivity index (χ1) is 28.2. The van der Waals surface area contributed by atoms with Crippen molar-refractivity contribution < 1.29 is 9.15 Å². The molecule has 0 atom stereocenters. The van der Waals surface area contributed by atoms with Crippen LogP contribution in [0.2, 0.25) is 0 Å². The first-order valence-electron chi connectivity index (χ1n) is 19.2. The number of rotatable bonds is 4. The van der Waals surface area contributed by atoms with Gasteiger partial charge in [-0.15, -0.1) is 0 Å². The molecule has 1 aliphatic carbocycles. The number of hydrogen-bond donors (Lipinski definition) is 0. The van der Waals surface area contributed by atoms with E-state index in [1.165, 1.54) is 22.3 Å². The van der Waals surface area contributed by atoms with Crippen LogP contribution in [0.1, 0.15) is 22.3 Å². The molecule has 3 heterocycles. The summed E-state index contributed by atoms with van der Waals surface area (Å²) in [5, 5.41) is 2.15. The van der Waals surface area contributed by atoms with Crippen molar-refractivity contribution in [3.05, 3.63) is 210 Å². The molecule has 2 aliphatic rings. The SMILES string of the molecule is c1ccc(-c2nc(-c3ccc(-c4ccc5c(c4)Oc4ccccc4C54c5ccccc5-c5ccccc54)cc3)nc(-c3ccc4c(c3)oc3ccccc34)n2)cc1. The molecular weight excluding hydrogens is 699 g/mol. The van der Waals surface area contributed by atoms with Crippen LogP contribution < -0.4 is 4.74 Å². The van der Waals surface area contributed by atoms with E-state index < -0.39 is 5.41 Å². The molecular formula is C52H31N3O2. The van der Waals surface area contributed by atoms with Gasteiger partial charge in [-0.2, -0.15) is 0 Å². The van der Waals surface area contributed by atoms with Crippen molar-refractivity contribution in [2.24, 2.45) is 0 Å². The Labute approximate surface area is 328 Å². The van der Waals surface area contributed by atoms with Crippen molar-refractivity contribution in [3.8, 4) is 67.9 Å². The molecule has 10 aromatic rings. The smallest absolute Gasteiger partial charge is 0.164 e. The molecule has 5 nitrogen and oxygen atoms in total. The van der Waals surface area contributed by atoms with Gasteiger partial charge in [0, 0.05) is 38.6 Å². The van der Waals surface area contributed by atoms with E-state index in [2.05, 4.69) is 133 Å². The molecule has 5 heteroatoms. The van der Waals surface area contributed by atoms with Gasteiger partial charge in [-0.3, -0.25) is 0 Å². The van der Waals surface area contributed by atoms with Crippen LogP contribution in [0.25, 0.3) is 78.4 Å². The van der Waals surface area contributed by atoms with Gasteiger partial charge in [0.15, 0.2) is 17.5 Å². The minimum absolute atomic E-state index is 0.485. The van der Waals surface area contributed by atoms with Crippen LogP contribution in [0.15, 0.2) is 192 Å². The molecule has 0 fully saturated rings. The Bertz CT molecular complexity index is 3180. The third-order valence-electron chi connectivity index (χ3n) is 11.6. The van der Waals surface area contributed by atoms with Crippen molar-refractivity contribution >= 4 is 21.9 Å². The highest BCUT2D eigenvalue weighted by Gasteiger charge is 2.50. The highest BCUT2D eigenvalue weighted by Crippen LogP contribution is 2.62. The predicted octanol–water partition coefficient (Wildman–Crippen LogP) is 12.9. The van der Waals surface area contributed by atoms with Crippen LogP contribution in [0, 0.1) is 0 Å². The number of para-hydroxylation sites is 2. The number of aromatic nitrogens is 3. The largest absolute Gasteiger partial charge is 0.457 e. The van der Waals surface area contributed by atoms with Crippen molar-refractivity contribution in [2.75, 3.05) is 0 Å². The summed E-state index contributed by atoms with van der Waals surface area (Å²) in [6.07, 6.45) is 0. The minimum atomic E-state index is -0.485. The standard InChI is InChI=1S/C52H31N3O2/c1-2-12-33(13-3-1)49-53-50(55-51(54-49)36-26-28-40-39-16-6-10-20-45(39)56-47(40)31-36)34-24-22-32(23-25-34)35-27-29-44-48(30-35)57-46-21-11-9-19-43(46)52(44)41-17-7-4-14-37(41)38-15-5-8-18-42(38)52/h1-31H. The minimum Gasteiger partial charge on any atom is -0.457 e. The van der Waals surface area contributed by atoms with E-state index in [0.717, 1.165) is 72.4 Å². The highest BCUT2D eigenvalue weighted by atomic mass is 16.5. The first kappa shape index (κ1) is 31.7. The maximum Gasteiger partial charge on any atom is 0.164 e. The summed E-state index contributed by atoms with van der Waals surface area (Å²) in [5.41, 5.74) is 13.4. The summed E-state index contributed by atoms with van der Waals surface area (Å²) in [6, 6.07) is 65.5. The maximum absolute atomic E-state index is 6.77. The van der Waals surface area contributed by atoms with Gasteiger partial charge in [-0.05, 0) is 63.7 Å². The molecule has 0 N–H and O–H groups in total. The van der Waals surface area contributed by atoms with Crippen LogP contribution >= 0.6 is 0 Å². The fourth-order valence-electron chi connectivity index (χ4n) is 9.07. The third kappa shape index (κ3) is 4.72. The summed E-state index contributed by atoms with van der Waals surface area (Å²) < 4.78 is 13.0. The third-order valence-corrected chi connectivity index (χ3v) is 11.6. The Balaban J connectivity index is 0.953. The zero-order valence-electron chi connectivity index (χ0n) is 30.6.